The molecule has 2 N–H and O–H groups in total. The lowest BCUT2D eigenvalue weighted by Crippen LogP contribution is -2.33. The van der Waals surface area contributed by atoms with Gasteiger partial charge in [0.05, 0.1) is 12.1 Å². The fourth-order valence-electron chi connectivity index (χ4n) is 5.79. The van der Waals surface area contributed by atoms with Crippen molar-refractivity contribution < 1.29 is 28.5 Å². The lowest BCUT2D eigenvalue weighted by Gasteiger charge is -2.17. The molecule has 2 fully saturated rings. The summed E-state index contributed by atoms with van der Waals surface area (Å²) in [4.78, 5) is 82.5. The Morgan fingerprint density at radius 1 is 0.740 bits per heavy atom. The number of unbranched alkanes of at least 4 members (excludes halogenated alkanes) is 5. The predicted molar refractivity (Wildman–Crippen MR) is 174 cm³/mol. The average molecular weight is 701 g/mol. The van der Waals surface area contributed by atoms with Crippen LogP contribution in [0.2, 0.25) is 0 Å². The van der Waals surface area contributed by atoms with Gasteiger partial charge in [-0.25, -0.2) is 9.59 Å². The van der Waals surface area contributed by atoms with Crippen LogP contribution >= 0.6 is 0 Å². The molecular formula is C30H40N10O10. The predicted octanol–water partition coefficient (Wildman–Crippen LogP) is 2.84. The number of ether oxygens (including phenoxy) is 4. The highest BCUT2D eigenvalue weighted by atomic mass is 16.6. The maximum absolute atomic E-state index is 12.3. The van der Waals surface area contributed by atoms with E-state index in [1.54, 1.807) is 13.8 Å². The molecule has 0 aromatic carbocycles. The summed E-state index contributed by atoms with van der Waals surface area (Å²) in [6.07, 6.45) is 4.79. The van der Waals surface area contributed by atoms with Gasteiger partial charge >= 0.3 is 23.3 Å². The first-order chi connectivity index (χ1) is 24.0. The van der Waals surface area contributed by atoms with E-state index in [2.05, 4.69) is 30.0 Å². The zero-order valence-corrected chi connectivity index (χ0v) is 27.8. The van der Waals surface area contributed by atoms with E-state index in [-0.39, 0.29) is 38.9 Å². The van der Waals surface area contributed by atoms with Gasteiger partial charge in [0.1, 0.15) is 37.9 Å². The summed E-state index contributed by atoms with van der Waals surface area (Å²) < 4.78 is 24.8. The Balaban J connectivity index is 1.08. The molecule has 0 spiro atoms. The van der Waals surface area contributed by atoms with Crippen LogP contribution in [0.5, 0.6) is 0 Å². The largest absolute Gasteiger partial charge is 0.463 e. The van der Waals surface area contributed by atoms with Crippen LogP contribution in [0.15, 0.2) is 41.8 Å². The van der Waals surface area contributed by atoms with E-state index in [9.17, 15) is 28.8 Å². The second-order valence-corrected chi connectivity index (χ2v) is 12.2. The van der Waals surface area contributed by atoms with Crippen molar-refractivity contribution in [3.63, 3.8) is 0 Å². The molecule has 4 rings (SSSR count). The van der Waals surface area contributed by atoms with Crippen LogP contribution in [0.3, 0.4) is 0 Å². The number of nitrogens with zero attached hydrogens (tertiary/aromatic N) is 8. The van der Waals surface area contributed by atoms with Crippen molar-refractivity contribution >= 4 is 11.9 Å². The van der Waals surface area contributed by atoms with E-state index in [1.165, 1.54) is 21.5 Å². The summed E-state index contributed by atoms with van der Waals surface area (Å²) >= 11 is 0. The minimum absolute atomic E-state index is 0.152. The van der Waals surface area contributed by atoms with E-state index in [0.717, 1.165) is 25.7 Å². The number of H-pyrrole nitrogens is 2. The summed E-state index contributed by atoms with van der Waals surface area (Å²) in [6.45, 7) is 2.79. The van der Waals surface area contributed by atoms with Crippen LogP contribution in [-0.4, -0.2) is 68.5 Å². The van der Waals surface area contributed by atoms with Crippen LogP contribution in [0.1, 0.15) is 87.8 Å². The SMILES string of the molecule is Cc1cn([C@H]2C[C@H](N=[N+]=[N-])[C@@H](COC(=O)CCCCCCCCC(=O)OC[C@H]3O[C@@H](n4cc(C)c(=O)[nH]c4=O)C[C@@H]3N=[N+]=[N-])O2)c(=O)[nH]c1=O. The Kier molecular flexibility index (Phi) is 13.6. The van der Waals surface area contributed by atoms with Crippen LogP contribution in [0, 0.1) is 13.8 Å². The van der Waals surface area contributed by atoms with Gasteiger partial charge in [0.15, 0.2) is 0 Å². The van der Waals surface area contributed by atoms with E-state index in [1.807, 2.05) is 0 Å². The number of aromatic nitrogens is 4. The molecule has 2 aliphatic heterocycles. The maximum Gasteiger partial charge on any atom is 0.330 e. The molecule has 0 radical (unpaired) electrons. The Hall–Kier alpha value is -5.16. The van der Waals surface area contributed by atoms with Gasteiger partial charge in [-0.3, -0.25) is 38.3 Å². The van der Waals surface area contributed by atoms with Crippen molar-refractivity contribution in [2.24, 2.45) is 10.2 Å². The molecule has 2 saturated heterocycles. The standard InChI is InChI=1S/C30H40N10O10/c1-17-13-39(29(45)33-27(17)43)23-11-19(35-37-31)21(49-23)15-47-25(41)9-7-5-3-4-6-8-10-26(42)48-16-22-20(36-38-32)12-24(50-22)40-14-18(2)28(44)34-30(40)46/h13-14,19-24H,3-12,15-16H2,1-2H3,(H,33,43,45)(H,34,44,46)/t19-,20-,21+,22+,23+,24+/m0/s1. The zero-order chi connectivity index (χ0) is 36.2. The Labute approximate surface area is 283 Å². The number of nitrogens with one attached hydrogen (secondary N) is 2. The number of azide groups is 2. The summed E-state index contributed by atoms with van der Waals surface area (Å²) in [7, 11) is 0. The number of aromatic amines is 2. The molecule has 0 unspecified atom stereocenters. The van der Waals surface area contributed by atoms with Crippen molar-refractivity contribution in [2.75, 3.05) is 13.2 Å². The second-order valence-electron chi connectivity index (χ2n) is 12.2. The molecule has 0 aliphatic carbocycles. The molecule has 20 nitrogen and oxygen atoms in total. The molecule has 0 amide bonds. The number of hydrogen-bond acceptors (Lipinski definition) is 12. The molecule has 6 atom stereocenters. The minimum atomic E-state index is -0.794. The third kappa shape index (κ3) is 10.2. The maximum atomic E-state index is 12.3. The lowest BCUT2D eigenvalue weighted by atomic mass is 10.1. The fraction of sp³-hybridized carbons (Fsp3) is 0.667. The highest BCUT2D eigenvalue weighted by Crippen LogP contribution is 2.31. The Morgan fingerprint density at radius 3 is 1.50 bits per heavy atom. The third-order valence-electron chi connectivity index (χ3n) is 8.55. The number of esters is 2. The molecule has 0 saturated carbocycles. The first kappa shape index (κ1) is 37.7. The fourth-order valence-corrected chi connectivity index (χ4v) is 5.79. The lowest BCUT2D eigenvalue weighted by molar-refractivity contribution is -0.149. The molecule has 2 aromatic heterocycles. The molecule has 4 heterocycles. The zero-order valence-electron chi connectivity index (χ0n) is 27.8. The number of aryl methyl sites for hydroxylation is 2. The molecular weight excluding hydrogens is 660 g/mol. The highest BCUT2D eigenvalue weighted by molar-refractivity contribution is 5.69. The highest BCUT2D eigenvalue weighted by Gasteiger charge is 2.38. The molecule has 0 bridgehead atoms. The van der Waals surface area contributed by atoms with Crippen molar-refractivity contribution in [1.29, 1.82) is 0 Å². The quantitative estimate of drug-likeness (QED) is 0.0800. The first-order valence-electron chi connectivity index (χ1n) is 16.4. The minimum Gasteiger partial charge on any atom is -0.463 e. The number of rotatable bonds is 17. The normalized spacial score (nSPS) is 22.8. The first-order valence-corrected chi connectivity index (χ1v) is 16.4. The number of carbonyl (C=O) groups excluding carboxylic acids is 2. The number of hydrogen-bond donors (Lipinski definition) is 2. The van der Waals surface area contributed by atoms with E-state index in [0.29, 0.717) is 24.0 Å². The van der Waals surface area contributed by atoms with Gasteiger partial charge in [0.25, 0.3) is 11.1 Å². The molecule has 2 aliphatic rings. The molecule has 20 heteroatoms. The van der Waals surface area contributed by atoms with Crippen molar-refractivity contribution in [3.8, 4) is 0 Å². The Bertz CT molecular complexity index is 1720. The summed E-state index contributed by atoms with van der Waals surface area (Å²) in [5, 5.41) is 7.43. The van der Waals surface area contributed by atoms with Gasteiger partial charge in [-0.05, 0) is 37.8 Å². The van der Waals surface area contributed by atoms with Crippen LogP contribution < -0.4 is 22.5 Å². The van der Waals surface area contributed by atoms with Gasteiger partial charge in [-0.1, -0.05) is 35.9 Å². The summed E-state index contributed by atoms with van der Waals surface area (Å²) in [5.41, 5.74) is 16.2. The summed E-state index contributed by atoms with van der Waals surface area (Å²) in [5.74, 6) is -0.865. The summed E-state index contributed by atoms with van der Waals surface area (Å²) in [6, 6.07) is -1.34. The smallest absolute Gasteiger partial charge is 0.330 e. The molecule has 50 heavy (non-hydrogen) atoms. The second kappa shape index (κ2) is 18.0. The van der Waals surface area contributed by atoms with Crippen LogP contribution in [0.4, 0.5) is 0 Å². The monoisotopic (exact) mass is 700 g/mol. The van der Waals surface area contributed by atoms with Gasteiger partial charge in [-0.2, -0.15) is 0 Å². The van der Waals surface area contributed by atoms with Gasteiger partial charge in [-0.15, -0.1) is 0 Å². The van der Waals surface area contributed by atoms with Crippen molar-refractivity contribution in [3.05, 3.63) is 86.1 Å². The van der Waals surface area contributed by atoms with Gasteiger partial charge in [0, 0.05) is 59.0 Å². The average Bonchev–Trinajstić information content (AvgIpc) is 3.67. The van der Waals surface area contributed by atoms with Gasteiger partial charge < -0.3 is 18.9 Å². The van der Waals surface area contributed by atoms with Gasteiger partial charge in [0.2, 0.25) is 0 Å². The van der Waals surface area contributed by atoms with Crippen LogP contribution in [-0.2, 0) is 28.5 Å². The van der Waals surface area contributed by atoms with Crippen molar-refractivity contribution in [1.82, 2.24) is 19.1 Å². The molecule has 270 valence electrons. The van der Waals surface area contributed by atoms with Crippen LogP contribution in [0.25, 0.3) is 20.9 Å². The topological polar surface area (TPSA) is 278 Å². The number of carbonyl (C=O) groups is 2. The van der Waals surface area contributed by atoms with E-state index < -0.39 is 71.2 Å². The molecule has 2 aromatic rings. The van der Waals surface area contributed by atoms with Crippen molar-refractivity contribution in [2.45, 2.75) is 115 Å². The van der Waals surface area contributed by atoms with E-state index >= 15 is 0 Å². The third-order valence-corrected chi connectivity index (χ3v) is 8.55. The van der Waals surface area contributed by atoms with E-state index in [4.69, 9.17) is 30.0 Å². The Morgan fingerprint density at radius 2 is 1.12 bits per heavy atom.